The van der Waals surface area contributed by atoms with Crippen molar-refractivity contribution in [2.24, 2.45) is 0 Å². The third-order valence-corrected chi connectivity index (χ3v) is 4.14. The number of quaternary nitrogens is 1. The number of nitro benzene ring substituents is 1. The highest BCUT2D eigenvalue weighted by molar-refractivity contribution is 7.71. The van der Waals surface area contributed by atoms with Crippen LogP contribution in [0.3, 0.4) is 0 Å². The van der Waals surface area contributed by atoms with E-state index in [0.29, 0.717) is 23.0 Å². The molecule has 0 aliphatic carbocycles. The second kappa shape index (κ2) is 6.37. The molecular formula is C14H17N4O3S+. The molecule has 8 heteroatoms. The molecule has 0 spiro atoms. The SMILES string of the molecule is O=[N+]([O-])c1cccc(-c2nn(C[NH+]3CCCCC3)c(=S)o2)c1. The summed E-state index contributed by atoms with van der Waals surface area (Å²) in [6.45, 7) is 2.90. The van der Waals surface area contributed by atoms with E-state index in [1.807, 2.05) is 0 Å². The van der Waals surface area contributed by atoms with E-state index in [9.17, 15) is 10.1 Å². The number of hydrogen-bond acceptors (Lipinski definition) is 5. The summed E-state index contributed by atoms with van der Waals surface area (Å²) in [7, 11) is 0. The highest BCUT2D eigenvalue weighted by atomic mass is 32.1. The standard InChI is InChI=1S/C14H16N4O3S/c19-18(20)12-6-4-5-11(9-12)13-15-17(14(22)21-13)10-16-7-2-1-3-8-16/h4-6,9H,1-3,7-8,10H2/p+1. The zero-order chi connectivity index (χ0) is 15.5. The van der Waals surface area contributed by atoms with Crippen LogP contribution in [0, 0.1) is 15.0 Å². The van der Waals surface area contributed by atoms with Crippen LogP contribution < -0.4 is 4.90 Å². The Hall–Kier alpha value is -2.06. The Morgan fingerprint density at radius 1 is 1.36 bits per heavy atom. The van der Waals surface area contributed by atoms with Gasteiger partial charge in [-0.05, 0) is 37.5 Å². The van der Waals surface area contributed by atoms with Gasteiger partial charge in [0.2, 0.25) is 5.89 Å². The summed E-state index contributed by atoms with van der Waals surface area (Å²) in [5.41, 5.74) is 0.572. The van der Waals surface area contributed by atoms with Crippen molar-refractivity contribution in [3.63, 3.8) is 0 Å². The van der Waals surface area contributed by atoms with Crippen molar-refractivity contribution < 1.29 is 14.2 Å². The number of hydrogen-bond donors (Lipinski definition) is 1. The van der Waals surface area contributed by atoms with Gasteiger partial charge in [0, 0.05) is 17.7 Å². The molecule has 0 saturated carbocycles. The molecule has 2 heterocycles. The van der Waals surface area contributed by atoms with Crippen molar-refractivity contribution in [1.29, 1.82) is 0 Å². The van der Waals surface area contributed by atoms with Crippen molar-refractivity contribution in [1.82, 2.24) is 9.78 Å². The van der Waals surface area contributed by atoms with Crippen molar-refractivity contribution in [2.75, 3.05) is 13.1 Å². The molecule has 1 aromatic heterocycles. The minimum absolute atomic E-state index is 0.00910. The number of nitrogens with one attached hydrogen (secondary N) is 1. The predicted octanol–water partition coefficient (Wildman–Crippen LogP) is 1.81. The maximum Gasteiger partial charge on any atom is 0.292 e. The van der Waals surface area contributed by atoms with Crippen molar-refractivity contribution in [3.05, 3.63) is 39.2 Å². The molecule has 1 N–H and O–H groups in total. The molecule has 116 valence electrons. The molecule has 1 fully saturated rings. The van der Waals surface area contributed by atoms with Gasteiger partial charge in [-0.15, -0.1) is 5.10 Å². The maximum atomic E-state index is 10.8. The third-order valence-electron chi connectivity index (χ3n) is 3.84. The Balaban J connectivity index is 1.83. The average Bonchev–Trinajstić information content (AvgIpc) is 2.89. The number of piperidine rings is 1. The Morgan fingerprint density at radius 2 is 2.14 bits per heavy atom. The second-order valence-corrected chi connectivity index (χ2v) is 5.80. The Kier molecular flexibility index (Phi) is 4.30. The van der Waals surface area contributed by atoms with Crippen LogP contribution in [0.15, 0.2) is 28.7 Å². The monoisotopic (exact) mass is 321 g/mol. The Bertz CT molecular complexity index is 734. The fourth-order valence-corrected chi connectivity index (χ4v) is 2.88. The first-order valence-electron chi connectivity index (χ1n) is 7.30. The number of non-ortho nitro benzene ring substituents is 1. The van der Waals surface area contributed by atoms with Crippen molar-refractivity contribution >= 4 is 17.9 Å². The fraction of sp³-hybridized carbons (Fsp3) is 0.429. The highest BCUT2D eigenvalue weighted by Gasteiger charge is 2.17. The molecule has 1 saturated heterocycles. The lowest BCUT2D eigenvalue weighted by Gasteiger charge is -2.22. The molecule has 7 nitrogen and oxygen atoms in total. The van der Waals surface area contributed by atoms with Gasteiger partial charge in [-0.2, -0.15) is 4.68 Å². The van der Waals surface area contributed by atoms with E-state index in [0.717, 1.165) is 13.1 Å². The van der Waals surface area contributed by atoms with E-state index in [1.54, 1.807) is 16.8 Å². The van der Waals surface area contributed by atoms with Crippen LogP contribution >= 0.6 is 12.2 Å². The summed E-state index contributed by atoms with van der Waals surface area (Å²) >= 11 is 5.21. The summed E-state index contributed by atoms with van der Waals surface area (Å²) in [4.78, 5) is 12.1. The number of benzene rings is 1. The molecule has 22 heavy (non-hydrogen) atoms. The van der Waals surface area contributed by atoms with Crippen molar-refractivity contribution in [2.45, 2.75) is 25.9 Å². The van der Waals surface area contributed by atoms with Gasteiger partial charge >= 0.3 is 0 Å². The van der Waals surface area contributed by atoms with Gasteiger partial charge in [0.15, 0.2) is 6.67 Å². The summed E-state index contributed by atoms with van der Waals surface area (Å²) in [5.74, 6) is 0.324. The van der Waals surface area contributed by atoms with E-state index < -0.39 is 4.92 Å². The summed E-state index contributed by atoms with van der Waals surface area (Å²) < 4.78 is 7.18. The molecule has 1 aliphatic rings. The number of likely N-dealkylation sites (tertiary alicyclic amines) is 1. The van der Waals surface area contributed by atoms with Gasteiger partial charge in [-0.1, -0.05) is 6.07 Å². The Morgan fingerprint density at radius 3 is 2.86 bits per heavy atom. The van der Waals surface area contributed by atoms with Crippen molar-refractivity contribution in [3.8, 4) is 11.5 Å². The minimum Gasteiger partial charge on any atom is -0.409 e. The molecular weight excluding hydrogens is 304 g/mol. The molecule has 0 bridgehead atoms. The average molecular weight is 321 g/mol. The molecule has 1 aromatic carbocycles. The molecule has 0 amide bonds. The molecule has 3 rings (SSSR count). The lowest BCUT2D eigenvalue weighted by atomic mass is 10.1. The summed E-state index contributed by atoms with van der Waals surface area (Å²) in [6.07, 6.45) is 3.73. The minimum atomic E-state index is -0.438. The van der Waals surface area contributed by atoms with E-state index >= 15 is 0 Å². The van der Waals surface area contributed by atoms with Gasteiger partial charge in [0.05, 0.1) is 18.0 Å². The molecule has 0 unspecified atom stereocenters. The largest absolute Gasteiger partial charge is 0.409 e. The highest BCUT2D eigenvalue weighted by Crippen LogP contribution is 2.22. The van der Waals surface area contributed by atoms with Crippen LogP contribution in [0.1, 0.15) is 19.3 Å². The maximum absolute atomic E-state index is 10.8. The van der Waals surface area contributed by atoms with E-state index in [-0.39, 0.29) is 5.69 Å². The zero-order valence-corrected chi connectivity index (χ0v) is 12.8. The quantitative estimate of drug-likeness (QED) is 0.528. The predicted molar refractivity (Wildman–Crippen MR) is 82.0 cm³/mol. The lowest BCUT2D eigenvalue weighted by molar-refractivity contribution is -0.928. The fourth-order valence-electron chi connectivity index (χ4n) is 2.70. The molecule has 0 radical (unpaired) electrons. The second-order valence-electron chi connectivity index (χ2n) is 5.45. The number of nitro groups is 1. The number of rotatable bonds is 4. The third kappa shape index (κ3) is 3.23. The summed E-state index contributed by atoms with van der Waals surface area (Å²) in [6, 6.07) is 6.22. The first-order valence-corrected chi connectivity index (χ1v) is 7.70. The van der Waals surface area contributed by atoms with Gasteiger partial charge in [0.1, 0.15) is 0 Å². The van der Waals surface area contributed by atoms with Crippen LogP contribution in [0.2, 0.25) is 0 Å². The first kappa shape index (κ1) is 14.9. The van der Waals surface area contributed by atoms with E-state index in [2.05, 4.69) is 5.10 Å². The van der Waals surface area contributed by atoms with Crippen LogP contribution in [-0.2, 0) is 6.67 Å². The Labute approximate surface area is 132 Å². The summed E-state index contributed by atoms with van der Waals surface area (Å²) in [5, 5.41) is 15.2. The van der Waals surface area contributed by atoms with Crippen LogP contribution in [0.4, 0.5) is 5.69 Å². The molecule has 2 aromatic rings. The normalized spacial score (nSPS) is 15.8. The number of nitrogens with zero attached hydrogens (tertiary/aromatic N) is 3. The van der Waals surface area contributed by atoms with Gasteiger partial charge < -0.3 is 9.32 Å². The first-order chi connectivity index (χ1) is 10.6. The van der Waals surface area contributed by atoms with Crippen LogP contribution in [-0.4, -0.2) is 27.8 Å². The number of aromatic nitrogens is 2. The zero-order valence-electron chi connectivity index (χ0n) is 12.0. The van der Waals surface area contributed by atoms with Gasteiger partial charge in [0.25, 0.3) is 10.5 Å². The van der Waals surface area contributed by atoms with Gasteiger partial charge in [-0.25, -0.2) is 0 Å². The van der Waals surface area contributed by atoms with Gasteiger partial charge in [-0.3, -0.25) is 10.1 Å². The molecule has 1 aliphatic heterocycles. The van der Waals surface area contributed by atoms with Crippen LogP contribution in [0.5, 0.6) is 0 Å². The van der Waals surface area contributed by atoms with E-state index in [4.69, 9.17) is 16.6 Å². The van der Waals surface area contributed by atoms with E-state index in [1.165, 1.54) is 36.3 Å². The molecule has 0 atom stereocenters. The van der Waals surface area contributed by atoms with Crippen LogP contribution in [0.25, 0.3) is 11.5 Å². The topological polar surface area (TPSA) is 78.5 Å². The smallest absolute Gasteiger partial charge is 0.292 e. The lowest BCUT2D eigenvalue weighted by Crippen LogP contribution is -3.12.